The Kier molecular flexibility index (Phi) is 11.0. The Morgan fingerprint density at radius 3 is 2.13 bits per heavy atom. The van der Waals surface area contributed by atoms with E-state index in [2.05, 4.69) is 5.32 Å². The number of hydrogen-bond donors (Lipinski definition) is 1. The number of likely N-dealkylation sites (N-methyl/N-ethyl adjacent to an activating group) is 1. The van der Waals surface area contributed by atoms with Gasteiger partial charge in [-0.15, -0.1) is 0 Å². The van der Waals surface area contributed by atoms with Crippen molar-refractivity contribution < 1.29 is 31.2 Å². The van der Waals surface area contributed by atoms with Crippen molar-refractivity contribution in [2.45, 2.75) is 37.0 Å². The molecule has 4 aromatic carbocycles. The fraction of sp³-hybridized carbons (Fsp3) is 0.212. The number of benzene rings is 4. The monoisotopic (exact) mass is 691 g/mol. The van der Waals surface area contributed by atoms with E-state index in [9.17, 15) is 31.2 Å². The van der Waals surface area contributed by atoms with Gasteiger partial charge < -0.3 is 10.2 Å². The molecule has 1 N–H and O–H groups in total. The molecule has 0 aliphatic carbocycles. The molecule has 0 aliphatic heterocycles. The van der Waals surface area contributed by atoms with Crippen LogP contribution in [0.3, 0.4) is 0 Å². The molecule has 0 aliphatic rings. The molecule has 0 radical (unpaired) electrons. The average Bonchev–Trinajstić information content (AvgIpc) is 3.03. The first-order valence-corrected chi connectivity index (χ1v) is 16.2. The lowest BCUT2D eigenvalue weighted by Crippen LogP contribution is -2.53. The molecule has 46 heavy (non-hydrogen) atoms. The molecule has 0 unspecified atom stereocenters. The van der Waals surface area contributed by atoms with Crippen molar-refractivity contribution in [1.82, 2.24) is 10.2 Å². The molecule has 0 saturated carbocycles. The van der Waals surface area contributed by atoms with Crippen LogP contribution >= 0.6 is 23.2 Å². The van der Waals surface area contributed by atoms with E-state index in [0.29, 0.717) is 21.5 Å². The summed E-state index contributed by atoms with van der Waals surface area (Å²) in [6, 6.07) is 21.8. The lowest BCUT2D eigenvalue weighted by molar-refractivity contribution is -0.139. The first-order valence-electron chi connectivity index (χ1n) is 14.0. The lowest BCUT2D eigenvalue weighted by atomic mass is 10.0. The quantitative estimate of drug-likeness (QED) is 0.185. The van der Waals surface area contributed by atoms with Crippen molar-refractivity contribution >= 4 is 50.7 Å². The number of nitrogens with zero attached hydrogens (tertiary/aromatic N) is 2. The smallest absolute Gasteiger partial charge is 0.357 e. The molecular formula is C33H30Cl2F3N3O4S. The number of halogens is 5. The Morgan fingerprint density at radius 1 is 0.848 bits per heavy atom. The van der Waals surface area contributed by atoms with Gasteiger partial charge in [-0.1, -0.05) is 83.4 Å². The largest absolute Gasteiger partial charge is 0.416 e. The average molecular weight is 693 g/mol. The van der Waals surface area contributed by atoms with E-state index in [0.717, 1.165) is 17.7 Å². The summed E-state index contributed by atoms with van der Waals surface area (Å²) in [6.07, 6.45) is -4.72. The number of carbonyl (C=O) groups excluding carboxylic acids is 2. The summed E-state index contributed by atoms with van der Waals surface area (Å²) in [5.74, 6) is -1.38. The van der Waals surface area contributed by atoms with Crippen LogP contribution in [0.2, 0.25) is 10.0 Å². The zero-order chi connectivity index (χ0) is 33.6. The molecule has 4 aromatic rings. The normalized spacial score (nSPS) is 12.3. The van der Waals surface area contributed by atoms with Crippen molar-refractivity contribution in [3.8, 4) is 0 Å². The summed E-state index contributed by atoms with van der Waals surface area (Å²) in [7, 11) is -3.18. The van der Waals surface area contributed by atoms with Crippen molar-refractivity contribution in [2.24, 2.45) is 0 Å². The first kappa shape index (κ1) is 34.8. The molecule has 0 fully saturated rings. The maximum absolute atomic E-state index is 14.3. The van der Waals surface area contributed by atoms with E-state index in [4.69, 9.17) is 23.2 Å². The Morgan fingerprint density at radius 2 is 1.52 bits per heavy atom. The molecule has 0 saturated heterocycles. The van der Waals surface area contributed by atoms with Gasteiger partial charge in [0.25, 0.3) is 10.0 Å². The number of aryl methyl sites for hydroxylation is 1. The third kappa shape index (κ3) is 8.39. The first-order chi connectivity index (χ1) is 21.7. The zero-order valence-corrected chi connectivity index (χ0v) is 27.1. The van der Waals surface area contributed by atoms with Crippen molar-refractivity contribution in [2.75, 3.05) is 17.9 Å². The highest BCUT2D eigenvalue weighted by Gasteiger charge is 2.36. The fourth-order valence-corrected chi connectivity index (χ4v) is 6.49. The van der Waals surface area contributed by atoms with E-state index in [1.807, 2.05) is 0 Å². The van der Waals surface area contributed by atoms with Crippen LogP contribution in [0.5, 0.6) is 0 Å². The molecular weight excluding hydrogens is 662 g/mol. The van der Waals surface area contributed by atoms with Gasteiger partial charge in [-0.25, -0.2) is 8.42 Å². The van der Waals surface area contributed by atoms with Gasteiger partial charge in [0.2, 0.25) is 11.8 Å². The maximum atomic E-state index is 14.3. The van der Waals surface area contributed by atoms with Crippen LogP contribution in [-0.2, 0) is 38.8 Å². The van der Waals surface area contributed by atoms with Gasteiger partial charge >= 0.3 is 6.18 Å². The number of nitrogens with one attached hydrogen (secondary N) is 1. The van der Waals surface area contributed by atoms with Crippen LogP contribution in [0.25, 0.3) is 0 Å². The van der Waals surface area contributed by atoms with Gasteiger partial charge in [0, 0.05) is 20.0 Å². The van der Waals surface area contributed by atoms with Gasteiger partial charge in [-0.05, 0) is 60.5 Å². The SMILES string of the molecule is CNC(=O)[C@H](Cc1ccccc1)N(Cc1ccc(Cl)c(Cl)c1)C(=O)CN(c1cccc(C(F)(F)F)c1)S(=O)(=O)c1ccc(C)cc1. The molecule has 1 atom stereocenters. The molecule has 0 bridgehead atoms. The highest BCUT2D eigenvalue weighted by molar-refractivity contribution is 7.92. The van der Waals surface area contributed by atoms with E-state index < -0.39 is 46.2 Å². The molecule has 2 amide bonds. The Bertz CT molecular complexity index is 1810. The number of amides is 2. The minimum Gasteiger partial charge on any atom is -0.357 e. The van der Waals surface area contributed by atoms with Gasteiger partial charge in [0.1, 0.15) is 12.6 Å². The van der Waals surface area contributed by atoms with Crippen LogP contribution < -0.4 is 9.62 Å². The Hall–Kier alpha value is -4.06. The Balaban J connectivity index is 1.84. The summed E-state index contributed by atoms with van der Waals surface area (Å²) < 4.78 is 69.8. The summed E-state index contributed by atoms with van der Waals surface area (Å²) in [5.41, 5.74) is 0.476. The van der Waals surface area contributed by atoms with Crippen LogP contribution in [0, 0.1) is 6.92 Å². The van der Waals surface area contributed by atoms with Crippen molar-refractivity contribution in [3.63, 3.8) is 0 Å². The fourth-order valence-electron chi connectivity index (χ4n) is 4.76. The lowest BCUT2D eigenvalue weighted by Gasteiger charge is -2.33. The summed E-state index contributed by atoms with van der Waals surface area (Å²) in [5, 5.41) is 3.01. The highest BCUT2D eigenvalue weighted by Crippen LogP contribution is 2.34. The van der Waals surface area contributed by atoms with Crippen molar-refractivity contribution in [3.05, 3.63) is 129 Å². The third-order valence-electron chi connectivity index (χ3n) is 7.20. The summed E-state index contributed by atoms with van der Waals surface area (Å²) in [4.78, 5) is 28.6. The van der Waals surface area contributed by atoms with Gasteiger partial charge in [-0.2, -0.15) is 13.2 Å². The van der Waals surface area contributed by atoms with Crippen LogP contribution in [0.15, 0.2) is 102 Å². The summed E-state index contributed by atoms with van der Waals surface area (Å²) in [6.45, 7) is 0.639. The predicted molar refractivity (Wildman–Crippen MR) is 172 cm³/mol. The van der Waals surface area contributed by atoms with E-state index in [1.165, 1.54) is 54.4 Å². The second kappa shape index (κ2) is 14.6. The second-order valence-corrected chi connectivity index (χ2v) is 13.1. The highest BCUT2D eigenvalue weighted by atomic mass is 35.5. The topological polar surface area (TPSA) is 86.8 Å². The van der Waals surface area contributed by atoms with Gasteiger partial charge in [-0.3, -0.25) is 13.9 Å². The predicted octanol–water partition coefficient (Wildman–Crippen LogP) is 6.90. The minimum absolute atomic E-state index is 0.0574. The molecule has 7 nitrogen and oxygen atoms in total. The Labute approximate surface area is 275 Å². The van der Waals surface area contributed by atoms with E-state index >= 15 is 0 Å². The molecule has 0 spiro atoms. The third-order valence-corrected chi connectivity index (χ3v) is 9.73. The molecule has 4 rings (SSSR count). The standard InChI is InChI=1S/C33H30Cl2F3N3O4S/c1-22-11-14-27(15-12-22)46(44,45)41(26-10-6-9-25(19-26)33(36,37)38)21-31(42)40(20-24-13-16-28(34)29(35)17-24)30(32(43)39-2)18-23-7-4-3-5-8-23/h3-17,19,30H,18,20-21H2,1-2H3,(H,39,43)/t30-/m0/s1. The van der Waals surface area contributed by atoms with Gasteiger partial charge in [0.05, 0.1) is 26.2 Å². The minimum atomic E-state index is -4.78. The molecule has 13 heteroatoms. The molecule has 242 valence electrons. The van der Waals surface area contributed by atoms with Crippen LogP contribution in [0.4, 0.5) is 18.9 Å². The number of anilines is 1. The number of hydrogen-bond acceptors (Lipinski definition) is 4. The zero-order valence-electron chi connectivity index (χ0n) is 24.8. The number of sulfonamides is 1. The summed E-state index contributed by atoms with van der Waals surface area (Å²) >= 11 is 12.3. The number of rotatable bonds is 11. The van der Waals surface area contributed by atoms with Crippen LogP contribution in [-0.4, -0.2) is 44.8 Å². The van der Waals surface area contributed by atoms with Crippen LogP contribution in [0.1, 0.15) is 22.3 Å². The number of carbonyl (C=O) groups is 2. The second-order valence-electron chi connectivity index (χ2n) is 10.5. The van der Waals surface area contributed by atoms with E-state index in [-0.39, 0.29) is 33.6 Å². The molecule has 0 heterocycles. The maximum Gasteiger partial charge on any atom is 0.416 e. The number of alkyl halides is 3. The van der Waals surface area contributed by atoms with E-state index in [1.54, 1.807) is 43.3 Å². The van der Waals surface area contributed by atoms with Gasteiger partial charge in [0.15, 0.2) is 0 Å². The van der Waals surface area contributed by atoms with Crippen molar-refractivity contribution in [1.29, 1.82) is 0 Å². The molecule has 0 aromatic heterocycles.